The second-order valence-electron chi connectivity index (χ2n) is 6.09. The zero-order valence-electron chi connectivity index (χ0n) is 20.8. The Bertz CT molecular complexity index is 1050. The van der Waals surface area contributed by atoms with Gasteiger partial charge in [0.1, 0.15) is 17.3 Å². The van der Waals surface area contributed by atoms with Crippen LogP contribution in [0.2, 0.25) is 0 Å². The molecule has 0 saturated heterocycles. The molecule has 1 atom stereocenters. The predicted octanol–water partition coefficient (Wildman–Crippen LogP) is 2.34. The maximum absolute atomic E-state index is 11.8. The highest BCUT2D eigenvalue weighted by Gasteiger charge is 2.16. The van der Waals surface area contributed by atoms with E-state index in [2.05, 4.69) is 5.32 Å². The van der Waals surface area contributed by atoms with Gasteiger partial charge in [0.15, 0.2) is 11.5 Å². The van der Waals surface area contributed by atoms with Crippen LogP contribution in [0.15, 0.2) is 47.4 Å². The average molecular weight is 414 g/mol. The van der Waals surface area contributed by atoms with Crippen molar-refractivity contribution in [3.63, 3.8) is 0 Å². The van der Waals surface area contributed by atoms with Crippen LogP contribution in [0.3, 0.4) is 0 Å². The monoisotopic (exact) mass is 413 g/mol. The molecular weight excluding hydrogens is 380 g/mol. The predicted molar refractivity (Wildman–Crippen MR) is 109 cm³/mol. The summed E-state index contributed by atoms with van der Waals surface area (Å²) in [6.07, 6.45) is 0.519. The van der Waals surface area contributed by atoms with Gasteiger partial charge in [0, 0.05) is 16.7 Å². The summed E-state index contributed by atoms with van der Waals surface area (Å²) in [5, 5.41) is 8.49. The zero-order valence-corrected chi connectivity index (χ0v) is 16.6. The summed E-state index contributed by atoms with van der Waals surface area (Å²) in [5.74, 6) is 0.382. The number of sulfonamides is 1. The molecule has 2 rings (SSSR count). The number of benzene rings is 2. The Morgan fingerprint density at radius 1 is 1.18 bits per heavy atom. The van der Waals surface area contributed by atoms with Crippen LogP contribution < -0.4 is 24.7 Å². The largest absolute Gasteiger partial charge is 0.495 e. The molecule has 154 valence electrons. The smallest absolute Gasteiger partial charge is 0.241 e. The van der Waals surface area contributed by atoms with Crippen molar-refractivity contribution in [2.75, 3.05) is 26.8 Å². The topological polar surface area (TPSA) is 99.9 Å². The molecule has 0 unspecified atom stereocenters. The maximum Gasteiger partial charge on any atom is 0.241 e. The summed E-state index contributed by atoms with van der Waals surface area (Å²) < 4.78 is 76.4. The fourth-order valence-electron chi connectivity index (χ4n) is 2.67. The summed E-state index contributed by atoms with van der Waals surface area (Å²) in [6, 6.07) is 11.0. The van der Waals surface area contributed by atoms with Gasteiger partial charge in [-0.3, -0.25) is 0 Å². The number of rotatable bonds is 11. The maximum atomic E-state index is 11.8. The Labute approximate surface area is 173 Å². The molecule has 28 heavy (non-hydrogen) atoms. The van der Waals surface area contributed by atoms with Gasteiger partial charge >= 0.3 is 0 Å². The van der Waals surface area contributed by atoms with Gasteiger partial charge in [0.05, 0.1) is 16.4 Å². The number of hydrogen-bond donors (Lipinski definition) is 2. The highest BCUT2D eigenvalue weighted by Crippen LogP contribution is 2.26. The van der Waals surface area contributed by atoms with E-state index in [4.69, 9.17) is 26.2 Å². The summed E-state index contributed by atoms with van der Waals surface area (Å²) in [7, 11) is -2.55. The first-order valence-corrected chi connectivity index (χ1v) is 10.1. The summed E-state index contributed by atoms with van der Waals surface area (Å²) >= 11 is 0. The molecule has 7 nitrogen and oxygen atoms in total. The van der Waals surface area contributed by atoms with E-state index in [-0.39, 0.29) is 34.8 Å². The molecule has 0 aliphatic carbocycles. The van der Waals surface area contributed by atoms with Crippen LogP contribution in [0.1, 0.15) is 26.2 Å². The van der Waals surface area contributed by atoms with Crippen LogP contribution in [0.5, 0.6) is 17.2 Å². The normalized spacial score (nSPS) is 16.0. The molecule has 0 saturated carbocycles. The number of primary sulfonamides is 1. The highest BCUT2D eigenvalue weighted by atomic mass is 32.2. The Balaban J connectivity index is 1.92. The van der Waals surface area contributed by atoms with Crippen molar-refractivity contribution in [3.8, 4) is 17.2 Å². The molecule has 0 amide bonds. The third-order valence-electron chi connectivity index (χ3n) is 3.94. The van der Waals surface area contributed by atoms with Crippen LogP contribution in [0.25, 0.3) is 0 Å². The molecule has 0 aromatic heterocycles. The Kier molecular flexibility index (Phi) is 5.75. The number of hydrogen-bond acceptors (Lipinski definition) is 6. The molecule has 0 aliphatic heterocycles. The van der Waals surface area contributed by atoms with Crippen LogP contribution in [0, 0.1) is 0 Å². The van der Waals surface area contributed by atoms with Gasteiger partial charge in [0.25, 0.3) is 0 Å². The van der Waals surface area contributed by atoms with E-state index in [0.29, 0.717) is 13.0 Å². The van der Waals surface area contributed by atoms with Gasteiger partial charge in [-0.05, 0) is 50.0 Å². The molecule has 0 fully saturated rings. The van der Waals surface area contributed by atoms with Crippen molar-refractivity contribution >= 4 is 10.0 Å². The van der Waals surface area contributed by atoms with E-state index in [1.54, 1.807) is 30.3 Å². The van der Waals surface area contributed by atoms with Crippen LogP contribution in [-0.2, 0) is 16.4 Å². The summed E-state index contributed by atoms with van der Waals surface area (Å²) in [6.45, 7) is -3.29. The van der Waals surface area contributed by atoms with Crippen molar-refractivity contribution in [1.82, 2.24) is 5.32 Å². The van der Waals surface area contributed by atoms with E-state index in [1.807, 2.05) is 6.92 Å². The second kappa shape index (κ2) is 10.3. The van der Waals surface area contributed by atoms with E-state index in [1.165, 1.54) is 19.2 Å². The third kappa shape index (κ3) is 6.40. The van der Waals surface area contributed by atoms with Crippen molar-refractivity contribution in [3.05, 3.63) is 48.0 Å². The SMILES string of the molecule is [2H]C([2H])([2H])C([2H])([2H])Oc1ccccc1OCCN[C@H](C)Cc1ccc(OC)c(S(N)(=O)=O)c1. The number of methoxy groups -OCH3 is 1. The fraction of sp³-hybridized carbons (Fsp3) is 0.400. The first-order chi connectivity index (χ1) is 15.2. The first kappa shape index (κ1) is 15.6. The Morgan fingerprint density at radius 2 is 1.89 bits per heavy atom. The lowest BCUT2D eigenvalue weighted by atomic mass is 10.1. The third-order valence-corrected chi connectivity index (χ3v) is 4.87. The van der Waals surface area contributed by atoms with Crippen molar-refractivity contribution in [2.45, 2.75) is 31.1 Å². The minimum atomic E-state index is -3.92. The van der Waals surface area contributed by atoms with E-state index < -0.39 is 23.4 Å². The van der Waals surface area contributed by atoms with E-state index >= 15 is 0 Å². The molecule has 3 N–H and O–H groups in total. The van der Waals surface area contributed by atoms with E-state index in [0.717, 1.165) is 5.56 Å². The number of ether oxygens (including phenoxy) is 3. The Hall–Kier alpha value is -2.29. The quantitative estimate of drug-likeness (QED) is 0.549. The van der Waals surface area contributed by atoms with Gasteiger partial charge in [-0.25, -0.2) is 13.6 Å². The molecule has 0 radical (unpaired) electrons. The Morgan fingerprint density at radius 3 is 2.54 bits per heavy atom. The molecule has 0 bridgehead atoms. The van der Waals surface area contributed by atoms with Crippen LogP contribution in [0.4, 0.5) is 0 Å². The van der Waals surface area contributed by atoms with Gasteiger partial charge in [0.2, 0.25) is 10.0 Å². The van der Waals surface area contributed by atoms with Gasteiger partial charge in [-0.1, -0.05) is 18.2 Å². The minimum Gasteiger partial charge on any atom is -0.495 e. The van der Waals surface area contributed by atoms with E-state index in [9.17, 15) is 8.42 Å². The standard InChI is InChI=1S/C20H28N2O5S/c1-4-26-17-7-5-6-8-18(17)27-12-11-22-15(2)13-16-9-10-19(25-3)20(14-16)28(21,23)24/h5-10,14-15,22H,4,11-13H2,1-3H3,(H2,21,23,24)/t15-/m1/s1/i1D3,4D2. The summed E-state index contributed by atoms with van der Waals surface area (Å²) in [4.78, 5) is -0.0773. The molecular formula is C20H28N2O5S. The molecule has 8 heteroatoms. The fourth-order valence-corrected chi connectivity index (χ4v) is 3.42. The number of para-hydroxylation sites is 2. The van der Waals surface area contributed by atoms with Crippen LogP contribution in [-0.4, -0.2) is 41.3 Å². The van der Waals surface area contributed by atoms with Gasteiger partial charge in [-0.15, -0.1) is 0 Å². The van der Waals surface area contributed by atoms with Crippen molar-refractivity contribution < 1.29 is 29.5 Å². The van der Waals surface area contributed by atoms with Gasteiger partial charge in [-0.2, -0.15) is 0 Å². The zero-order chi connectivity index (χ0) is 24.9. The number of nitrogens with one attached hydrogen (secondary N) is 1. The first-order valence-electron chi connectivity index (χ1n) is 11.1. The lowest BCUT2D eigenvalue weighted by Crippen LogP contribution is -2.32. The lowest BCUT2D eigenvalue weighted by Gasteiger charge is -2.16. The molecule has 0 aliphatic rings. The summed E-state index contributed by atoms with van der Waals surface area (Å²) in [5.41, 5.74) is 0.756. The second-order valence-corrected chi connectivity index (χ2v) is 7.62. The number of nitrogens with two attached hydrogens (primary N) is 1. The lowest BCUT2D eigenvalue weighted by molar-refractivity contribution is 0.272. The van der Waals surface area contributed by atoms with Crippen molar-refractivity contribution in [1.29, 1.82) is 0 Å². The average Bonchev–Trinajstić information content (AvgIpc) is 2.70. The minimum absolute atomic E-state index is 0.0135. The highest BCUT2D eigenvalue weighted by molar-refractivity contribution is 7.89. The van der Waals surface area contributed by atoms with Gasteiger partial charge < -0.3 is 19.5 Å². The van der Waals surface area contributed by atoms with Crippen LogP contribution >= 0.6 is 0 Å². The van der Waals surface area contributed by atoms with Crippen molar-refractivity contribution in [2.24, 2.45) is 5.14 Å². The molecule has 2 aromatic carbocycles. The molecule has 2 aromatic rings. The molecule has 0 spiro atoms. The molecule has 0 heterocycles.